The minimum Gasteiger partial charge on any atom is -0.464 e. The highest BCUT2D eigenvalue weighted by molar-refractivity contribution is 5.84. The molecule has 1 amide bonds. The maximum Gasteiger partial charge on any atom is 0.328 e. The summed E-state index contributed by atoms with van der Waals surface area (Å²) in [6.45, 7) is 12.3. The highest BCUT2D eigenvalue weighted by Crippen LogP contribution is 2.20. The Bertz CT molecular complexity index is 334. The Balaban J connectivity index is 4.68. The molecule has 0 heterocycles. The molecule has 0 aliphatic heterocycles. The SMILES string of the molecule is CCCCCCC(=O)N(C(C)C(=O)OCCCC)C(C)(C)C. The third-order valence-electron chi connectivity index (χ3n) is 3.71. The van der Waals surface area contributed by atoms with Crippen LogP contribution in [-0.2, 0) is 14.3 Å². The van der Waals surface area contributed by atoms with Gasteiger partial charge >= 0.3 is 5.97 Å². The van der Waals surface area contributed by atoms with Crippen molar-refractivity contribution >= 4 is 11.9 Å². The zero-order valence-electron chi connectivity index (χ0n) is 15.4. The first kappa shape index (κ1) is 20.9. The summed E-state index contributed by atoms with van der Waals surface area (Å²) in [7, 11) is 0. The largest absolute Gasteiger partial charge is 0.464 e. The molecule has 0 spiro atoms. The number of hydrogen-bond acceptors (Lipinski definition) is 3. The second-order valence-corrected chi connectivity index (χ2v) is 6.94. The lowest BCUT2D eigenvalue weighted by molar-refractivity contribution is -0.158. The summed E-state index contributed by atoms with van der Waals surface area (Å²) >= 11 is 0. The van der Waals surface area contributed by atoms with E-state index in [9.17, 15) is 9.59 Å². The number of amides is 1. The van der Waals surface area contributed by atoms with Crippen molar-refractivity contribution in [3.05, 3.63) is 0 Å². The van der Waals surface area contributed by atoms with E-state index in [0.717, 1.165) is 38.5 Å². The molecule has 4 heteroatoms. The summed E-state index contributed by atoms with van der Waals surface area (Å²) in [5.41, 5.74) is -0.384. The average Bonchev–Trinajstić information content (AvgIpc) is 2.42. The third-order valence-corrected chi connectivity index (χ3v) is 3.71. The van der Waals surface area contributed by atoms with Crippen LogP contribution >= 0.6 is 0 Å². The number of unbranched alkanes of at least 4 members (excludes halogenated alkanes) is 4. The van der Waals surface area contributed by atoms with Crippen LogP contribution in [0.15, 0.2) is 0 Å². The molecule has 130 valence electrons. The van der Waals surface area contributed by atoms with Gasteiger partial charge in [0.25, 0.3) is 0 Å². The molecule has 0 radical (unpaired) electrons. The van der Waals surface area contributed by atoms with Gasteiger partial charge in [-0.25, -0.2) is 4.79 Å². The van der Waals surface area contributed by atoms with E-state index in [1.54, 1.807) is 11.8 Å². The van der Waals surface area contributed by atoms with E-state index in [-0.39, 0.29) is 17.4 Å². The second kappa shape index (κ2) is 10.6. The summed E-state index contributed by atoms with van der Waals surface area (Å²) in [6, 6.07) is -0.532. The summed E-state index contributed by atoms with van der Waals surface area (Å²) in [5, 5.41) is 0. The van der Waals surface area contributed by atoms with Crippen LogP contribution in [0.5, 0.6) is 0 Å². The number of esters is 1. The quantitative estimate of drug-likeness (QED) is 0.446. The van der Waals surface area contributed by atoms with Crippen LogP contribution in [0, 0.1) is 0 Å². The Morgan fingerprint density at radius 2 is 1.59 bits per heavy atom. The fourth-order valence-corrected chi connectivity index (χ4v) is 2.54. The number of rotatable bonds is 10. The fourth-order valence-electron chi connectivity index (χ4n) is 2.54. The van der Waals surface area contributed by atoms with E-state index in [1.165, 1.54) is 0 Å². The van der Waals surface area contributed by atoms with Crippen LogP contribution in [-0.4, -0.2) is 35.0 Å². The Kier molecular flexibility index (Phi) is 10.1. The first-order valence-electron chi connectivity index (χ1n) is 8.74. The lowest BCUT2D eigenvalue weighted by Gasteiger charge is -2.39. The second-order valence-electron chi connectivity index (χ2n) is 6.94. The van der Waals surface area contributed by atoms with Gasteiger partial charge in [-0.05, 0) is 40.5 Å². The highest BCUT2D eigenvalue weighted by atomic mass is 16.5. The van der Waals surface area contributed by atoms with Crippen molar-refractivity contribution in [3.63, 3.8) is 0 Å². The molecule has 0 fully saturated rings. The Morgan fingerprint density at radius 3 is 2.09 bits per heavy atom. The first-order chi connectivity index (χ1) is 10.3. The van der Waals surface area contributed by atoms with Gasteiger partial charge in [0.1, 0.15) is 6.04 Å². The molecule has 0 aliphatic carbocycles. The Morgan fingerprint density at radius 1 is 1.00 bits per heavy atom. The van der Waals surface area contributed by atoms with Crippen molar-refractivity contribution in [1.29, 1.82) is 0 Å². The lowest BCUT2D eigenvalue weighted by atomic mass is 10.0. The van der Waals surface area contributed by atoms with Crippen molar-refractivity contribution in [2.75, 3.05) is 6.61 Å². The van der Waals surface area contributed by atoms with E-state index < -0.39 is 6.04 Å². The Hall–Kier alpha value is -1.06. The van der Waals surface area contributed by atoms with E-state index in [1.807, 2.05) is 20.8 Å². The summed E-state index contributed by atoms with van der Waals surface area (Å²) < 4.78 is 5.28. The van der Waals surface area contributed by atoms with Gasteiger partial charge in [0.15, 0.2) is 0 Å². The number of carbonyl (C=O) groups is 2. The van der Waals surface area contributed by atoms with E-state index in [2.05, 4.69) is 13.8 Å². The van der Waals surface area contributed by atoms with Crippen molar-refractivity contribution in [2.45, 2.75) is 98.1 Å². The van der Waals surface area contributed by atoms with Crippen molar-refractivity contribution < 1.29 is 14.3 Å². The van der Waals surface area contributed by atoms with E-state index in [0.29, 0.717) is 13.0 Å². The predicted octanol–water partition coefficient (Wildman–Crippen LogP) is 4.32. The van der Waals surface area contributed by atoms with Gasteiger partial charge in [-0.1, -0.05) is 39.5 Å². The van der Waals surface area contributed by atoms with Crippen LogP contribution in [0.2, 0.25) is 0 Å². The van der Waals surface area contributed by atoms with Gasteiger partial charge in [-0.15, -0.1) is 0 Å². The first-order valence-corrected chi connectivity index (χ1v) is 8.74. The fraction of sp³-hybridized carbons (Fsp3) is 0.889. The van der Waals surface area contributed by atoms with Crippen LogP contribution in [0.4, 0.5) is 0 Å². The Labute approximate surface area is 136 Å². The molecule has 0 aromatic rings. The van der Waals surface area contributed by atoms with Crippen LogP contribution in [0.25, 0.3) is 0 Å². The standard InChI is InChI=1S/C18H35NO3/c1-7-9-11-12-13-16(20)19(18(4,5)6)15(3)17(21)22-14-10-8-2/h15H,7-14H2,1-6H3. The van der Waals surface area contributed by atoms with Gasteiger partial charge in [0.05, 0.1) is 6.61 Å². The summed E-state index contributed by atoms with van der Waals surface area (Å²) in [6.07, 6.45) is 6.60. The van der Waals surface area contributed by atoms with Gasteiger partial charge < -0.3 is 9.64 Å². The summed E-state index contributed by atoms with van der Waals surface area (Å²) in [4.78, 5) is 26.4. The molecule has 0 saturated carbocycles. The number of hydrogen-bond donors (Lipinski definition) is 0. The normalized spacial score (nSPS) is 12.8. The monoisotopic (exact) mass is 313 g/mol. The molecular weight excluding hydrogens is 278 g/mol. The highest BCUT2D eigenvalue weighted by Gasteiger charge is 2.34. The molecule has 22 heavy (non-hydrogen) atoms. The zero-order chi connectivity index (χ0) is 17.2. The third kappa shape index (κ3) is 7.81. The molecule has 0 bridgehead atoms. The van der Waals surface area contributed by atoms with Crippen molar-refractivity contribution in [2.24, 2.45) is 0 Å². The molecule has 0 aromatic carbocycles. The summed E-state index contributed by atoms with van der Waals surface area (Å²) in [5.74, 6) is -0.256. The van der Waals surface area contributed by atoms with E-state index in [4.69, 9.17) is 4.74 Å². The predicted molar refractivity (Wildman–Crippen MR) is 90.7 cm³/mol. The number of ether oxygens (including phenoxy) is 1. The lowest BCUT2D eigenvalue weighted by Crippen LogP contribution is -2.53. The molecule has 1 unspecified atom stereocenters. The number of nitrogens with zero attached hydrogens (tertiary/aromatic N) is 1. The van der Waals surface area contributed by atoms with Crippen molar-refractivity contribution in [3.8, 4) is 0 Å². The maximum absolute atomic E-state index is 12.5. The van der Waals surface area contributed by atoms with Gasteiger partial charge in [-0.3, -0.25) is 4.79 Å². The zero-order valence-corrected chi connectivity index (χ0v) is 15.4. The molecule has 0 aromatic heterocycles. The van der Waals surface area contributed by atoms with Gasteiger partial charge in [0.2, 0.25) is 5.91 Å². The average molecular weight is 313 g/mol. The smallest absolute Gasteiger partial charge is 0.328 e. The molecule has 1 atom stereocenters. The number of carbonyl (C=O) groups excluding carboxylic acids is 2. The van der Waals surface area contributed by atoms with Crippen molar-refractivity contribution in [1.82, 2.24) is 4.90 Å². The van der Waals surface area contributed by atoms with Gasteiger partial charge in [0, 0.05) is 12.0 Å². The van der Waals surface area contributed by atoms with E-state index >= 15 is 0 Å². The minimum atomic E-state index is -0.532. The van der Waals surface area contributed by atoms with Crippen LogP contribution in [0.1, 0.15) is 86.5 Å². The van der Waals surface area contributed by atoms with Crippen LogP contribution in [0.3, 0.4) is 0 Å². The topological polar surface area (TPSA) is 46.6 Å². The molecule has 0 N–H and O–H groups in total. The molecule has 4 nitrogen and oxygen atoms in total. The maximum atomic E-state index is 12.5. The molecular formula is C18H35NO3. The molecule has 0 aliphatic rings. The molecule has 0 saturated heterocycles. The van der Waals surface area contributed by atoms with Gasteiger partial charge in [-0.2, -0.15) is 0 Å². The minimum absolute atomic E-state index is 0.0449. The molecule has 0 rings (SSSR count). The van der Waals surface area contributed by atoms with Crippen LogP contribution < -0.4 is 0 Å².